The standard InChI is InChI=1S/C5H3N4S/c1-2-5(10-3-1)9-7-4-6-8-9/h1,3-4H. The predicted molar refractivity (Wildman–Crippen MR) is 35.9 cm³/mol. The highest BCUT2D eigenvalue weighted by atomic mass is 32.1. The Morgan fingerprint density at radius 3 is 3.20 bits per heavy atom. The summed E-state index contributed by atoms with van der Waals surface area (Å²) in [4.78, 5) is 1.44. The van der Waals surface area contributed by atoms with Gasteiger partial charge in [0.1, 0.15) is 5.00 Å². The molecule has 2 aromatic heterocycles. The van der Waals surface area contributed by atoms with Gasteiger partial charge in [-0.2, -0.15) is 0 Å². The van der Waals surface area contributed by atoms with Crippen molar-refractivity contribution in [3.63, 3.8) is 0 Å². The van der Waals surface area contributed by atoms with Crippen molar-refractivity contribution in [2.75, 3.05) is 0 Å². The molecule has 2 rings (SSSR count). The summed E-state index contributed by atoms with van der Waals surface area (Å²) in [6.45, 7) is 0. The maximum Gasteiger partial charge on any atom is 0.162 e. The summed E-state index contributed by atoms with van der Waals surface area (Å²) in [5.74, 6) is 0. The summed E-state index contributed by atoms with van der Waals surface area (Å²) in [5.41, 5.74) is 0. The summed E-state index contributed by atoms with van der Waals surface area (Å²) in [5, 5.41) is 13.9. The molecule has 0 saturated heterocycles. The number of thiophene rings is 1. The second kappa shape index (κ2) is 2.18. The molecule has 0 fully saturated rings. The van der Waals surface area contributed by atoms with E-state index in [-0.39, 0.29) is 0 Å². The highest BCUT2D eigenvalue weighted by molar-refractivity contribution is 7.12. The Kier molecular flexibility index (Phi) is 1.21. The largest absolute Gasteiger partial charge is 0.162 e. The summed E-state index contributed by atoms with van der Waals surface area (Å²) in [7, 11) is 0. The number of aromatic nitrogens is 4. The van der Waals surface area contributed by atoms with Gasteiger partial charge in [0.15, 0.2) is 6.33 Å². The van der Waals surface area contributed by atoms with Crippen LogP contribution in [0.25, 0.3) is 5.00 Å². The fraction of sp³-hybridized carbons (Fsp3) is 0. The van der Waals surface area contributed by atoms with Crippen LogP contribution in [0.5, 0.6) is 0 Å². The van der Waals surface area contributed by atoms with Gasteiger partial charge in [0.25, 0.3) is 0 Å². The quantitative estimate of drug-likeness (QED) is 0.597. The van der Waals surface area contributed by atoms with Gasteiger partial charge < -0.3 is 0 Å². The van der Waals surface area contributed by atoms with E-state index in [9.17, 15) is 0 Å². The van der Waals surface area contributed by atoms with Crippen molar-refractivity contribution in [3.05, 3.63) is 23.8 Å². The lowest BCUT2D eigenvalue weighted by atomic mass is 10.6. The summed E-state index contributed by atoms with van der Waals surface area (Å²) in [6.07, 6.45) is 1.40. The molecule has 5 heteroatoms. The maximum atomic E-state index is 3.83. The van der Waals surface area contributed by atoms with Crippen LogP contribution in [0.3, 0.4) is 0 Å². The predicted octanol–water partition coefficient (Wildman–Crippen LogP) is 0.524. The SMILES string of the molecule is [c]1ccsc1-n1ncnn1. The van der Waals surface area contributed by atoms with Gasteiger partial charge in [-0.1, -0.05) is 0 Å². The monoisotopic (exact) mass is 151 g/mol. The molecule has 2 heterocycles. The fourth-order valence-electron chi connectivity index (χ4n) is 0.603. The molecule has 0 saturated carbocycles. The van der Waals surface area contributed by atoms with Crippen molar-refractivity contribution >= 4 is 11.3 Å². The lowest BCUT2D eigenvalue weighted by Gasteiger charge is -1.86. The van der Waals surface area contributed by atoms with E-state index in [2.05, 4.69) is 21.5 Å². The van der Waals surface area contributed by atoms with Gasteiger partial charge in [0.05, 0.1) is 0 Å². The Labute approximate surface area is 61.1 Å². The van der Waals surface area contributed by atoms with Crippen LogP contribution < -0.4 is 0 Å². The van der Waals surface area contributed by atoms with Gasteiger partial charge in [0.2, 0.25) is 0 Å². The first-order chi connectivity index (χ1) is 4.97. The molecular weight excluding hydrogens is 148 g/mol. The number of tetrazole rings is 1. The zero-order valence-electron chi connectivity index (χ0n) is 4.93. The molecule has 0 atom stereocenters. The van der Waals surface area contributed by atoms with E-state index in [4.69, 9.17) is 0 Å². The molecular formula is C5H3N4S. The summed E-state index contributed by atoms with van der Waals surface area (Å²) < 4.78 is 0. The Morgan fingerprint density at radius 2 is 2.60 bits per heavy atom. The van der Waals surface area contributed by atoms with Crippen molar-refractivity contribution in [2.45, 2.75) is 0 Å². The number of nitrogens with zero attached hydrogens (tertiary/aromatic N) is 4. The van der Waals surface area contributed by atoms with E-state index in [1.165, 1.54) is 22.5 Å². The third kappa shape index (κ3) is 0.801. The summed E-state index contributed by atoms with van der Waals surface area (Å²) >= 11 is 1.52. The van der Waals surface area contributed by atoms with E-state index in [1.807, 2.05) is 11.4 Å². The molecule has 0 aliphatic rings. The van der Waals surface area contributed by atoms with Crippen molar-refractivity contribution in [1.82, 2.24) is 20.2 Å². The van der Waals surface area contributed by atoms with E-state index in [0.717, 1.165) is 5.00 Å². The Balaban J connectivity index is 2.48. The minimum atomic E-state index is 0.859. The molecule has 0 unspecified atom stereocenters. The third-order valence-corrected chi connectivity index (χ3v) is 1.76. The lowest BCUT2D eigenvalue weighted by molar-refractivity contribution is 0.730. The highest BCUT2D eigenvalue weighted by Crippen LogP contribution is 2.09. The maximum absolute atomic E-state index is 3.83. The van der Waals surface area contributed by atoms with Crippen LogP contribution in [-0.2, 0) is 0 Å². The first-order valence-corrected chi connectivity index (χ1v) is 3.53. The number of hydrogen-bond acceptors (Lipinski definition) is 4. The van der Waals surface area contributed by atoms with Crippen LogP contribution in [0.1, 0.15) is 0 Å². The smallest absolute Gasteiger partial charge is 0.134 e. The molecule has 0 amide bonds. The van der Waals surface area contributed by atoms with Gasteiger partial charge >= 0.3 is 0 Å². The van der Waals surface area contributed by atoms with Gasteiger partial charge in [-0.3, -0.25) is 0 Å². The molecule has 4 nitrogen and oxygen atoms in total. The molecule has 0 bridgehead atoms. The minimum absolute atomic E-state index is 0.859. The average molecular weight is 151 g/mol. The van der Waals surface area contributed by atoms with Crippen LogP contribution in [0, 0.1) is 6.07 Å². The summed E-state index contributed by atoms with van der Waals surface area (Å²) in [6, 6.07) is 4.78. The van der Waals surface area contributed by atoms with Gasteiger partial charge in [-0.15, -0.1) is 26.3 Å². The molecule has 0 aliphatic carbocycles. The zero-order valence-corrected chi connectivity index (χ0v) is 5.75. The fourth-order valence-corrected chi connectivity index (χ4v) is 1.18. The number of hydrogen-bond donors (Lipinski definition) is 0. The van der Waals surface area contributed by atoms with Crippen molar-refractivity contribution in [2.24, 2.45) is 0 Å². The van der Waals surface area contributed by atoms with Crippen LogP contribution in [-0.4, -0.2) is 20.2 Å². The van der Waals surface area contributed by atoms with Gasteiger partial charge in [-0.05, 0) is 16.7 Å². The molecule has 2 aromatic rings. The van der Waals surface area contributed by atoms with E-state index < -0.39 is 0 Å². The topological polar surface area (TPSA) is 43.6 Å². The second-order valence-electron chi connectivity index (χ2n) is 1.60. The van der Waals surface area contributed by atoms with Crippen molar-refractivity contribution in [1.29, 1.82) is 0 Å². The van der Waals surface area contributed by atoms with E-state index in [0.29, 0.717) is 0 Å². The first kappa shape index (κ1) is 5.55. The zero-order chi connectivity index (χ0) is 6.81. The van der Waals surface area contributed by atoms with Crippen LogP contribution in [0.4, 0.5) is 0 Å². The van der Waals surface area contributed by atoms with Gasteiger partial charge in [0, 0.05) is 6.07 Å². The molecule has 49 valence electrons. The Hall–Kier alpha value is -1.23. The molecule has 10 heavy (non-hydrogen) atoms. The van der Waals surface area contributed by atoms with Crippen LogP contribution >= 0.6 is 11.3 Å². The average Bonchev–Trinajstić information content (AvgIpc) is 2.59. The molecule has 0 aromatic carbocycles. The van der Waals surface area contributed by atoms with Crippen LogP contribution in [0.2, 0.25) is 0 Å². The highest BCUT2D eigenvalue weighted by Gasteiger charge is 1.96. The number of rotatable bonds is 1. The minimum Gasteiger partial charge on any atom is -0.134 e. The molecule has 0 N–H and O–H groups in total. The lowest BCUT2D eigenvalue weighted by Crippen LogP contribution is -1.94. The van der Waals surface area contributed by atoms with Gasteiger partial charge in [-0.25, -0.2) is 0 Å². The molecule has 0 aliphatic heterocycles. The molecule has 1 radical (unpaired) electrons. The van der Waals surface area contributed by atoms with E-state index in [1.54, 1.807) is 0 Å². The third-order valence-electron chi connectivity index (χ3n) is 0.985. The second-order valence-corrected chi connectivity index (χ2v) is 2.49. The van der Waals surface area contributed by atoms with Crippen LogP contribution in [0.15, 0.2) is 17.8 Å². The Bertz CT molecular complexity index is 253. The van der Waals surface area contributed by atoms with E-state index >= 15 is 0 Å². The van der Waals surface area contributed by atoms with Crippen molar-refractivity contribution in [3.8, 4) is 5.00 Å². The molecule has 0 spiro atoms. The first-order valence-electron chi connectivity index (χ1n) is 2.65. The normalized spacial score (nSPS) is 10.0. The van der Waals surface area contributed by atoms with Crippen molar-refractivity contribution < 1.29 is 0 Å². The Morgan fingerprint density at radius 1 is 1.60 bits per heavy atom.